The van der Waals surface area contributed by atoms with Crippen LogP contribution in [0.3, 0.4) is 0 Å². The summed E-state index contributed by atoms with van der Waals surface area (Å²) in [4.78, 5) is 7.28. The molecule has 0 amide bonds. The molecular weight excluding hydrogens is 386 g/mol. The molecule has 0 aliphatic carbocycles. The molecule has 0 saturated carbocycles. The van der Waals surface area contributed by atoms with E-state index in [0.717, 1.165) is 22.4 Å². The minimum Gasteiger partial charge on any atom is -0.300 e. The molecule has 3 aliphatic heterocycles. The number of hydrogen-bond donors (Lipinski definition) is 0. The quantitative estimate of drug-likeness (QED) is 0.780. The van der Waals surface area contributed by atoms with E-state index in [9.17, 15) is 8.42 Å². The maximum absolute atomic E-state index is 13.0. The highest BCUT2D eigenvalue weighted by molar-refractivity contribution is 8.01. The maximum Gasteiger partial charge on any atom is 0.243 e. The van der Waals surface area contributed by atoms with Crippen molar-refractivity contribution in [3.8, 4) is 0 Å². The van der Waals surface area contributed by atoms with Crippen LogP contribution in [0.1, 0.15) is 25.7 Å². The number of benzene rings is 1. The Hall–Kier alpha value is -0.670. The van der Waals surface area contributed by atoms with Gasteiger partial charge in [0, 0.05) is 29.6 Å². The number of likely N-dealkylation sites (tertiary alicyclic amines) is 1. The van der Waals surface area contributed by atoms with Crippen molar-refractivity contribution < 1.29 is 8.42 Å². The number of sulfonamides is 1. The highest BCUT2D eigenvalue weighted by atomic mass is 32.2. The number of piperidine rings is 1. The topological polar surface area (TPSA) is 53.5 Å². The smallest absolute Gasteiger partial charge is 0.243 e. The molecule has 1 aromatic carbocycles. The molecule has 2 aromatic rings. The van der Waals surface area contributed by atoms with Gasteiger partial charge in [0.25, 0.3) is 0 Å². The third-order valence-electron chi connectivity index (χ3n) is 5.97. The first kappa shape index (κ1) is 17.4. The monoisotopic (exact) mass is 409 g/mol. The van der Waals surface area contributed by atoms with Gasteiger partial charge in [-0.1, -0.05) is 6.42 Å². The van der Waals surface area contributed by atoms with Crippen molar-refractivity contribution in [3.63, 3.8) is 0 Å². The van der Waals surface area contributed by atoms with E-state index in [1.165, 1.54) is 43.7 Å². The number of nitrogens with zero attached hydrogens (tertiary/aromatic N) is 3. The van der Waals surface area contributed by atoms with Crippen molar-refractivity contribution >= 4 is 43.3 Å². The number of fused-ring (bicyclic) bond motifs is 1. The molecule has 1 atom stereocenters. The molecule has 26 heavy (non-hydrogen) atoms. The lowest BCUT2D eigenvalue weighted by atomic mass is 9.93. The van der Waals surface area contributed by atoms with Crippen molar-refractivity contribution in [2.45, 2.75) is 41.4 Å². The highest BCUT2D eigenvalue weighted by Gasteiger charge is 2.53. The molecule has 1 aromatic heterocycles. The van der Waals surface area contributed by atoms with Crippen LogP contribution in [0.25, 0.3) is 10.2 Å². The molecule has 5 nitrogen and oxygen atoms in total. The Morgan fingerprint density at radius 3 is 2.77 bits per heavy atom. The Morgan fingerprint density at radius 1 is 1.15 bits per heavy atom. The van der Waals surface area contributed by atoms with Gasteiger partial charge in [0.1, 0.15) is 0 Å². The van der Waals surface area contributed by atoms with Crippen LogP contribution in [0.2, 0.25) is 0 Å². The average Bonchev–Trinajstić information content (AvgIpc) is 3.27. The summed E-state index contributed by atoms with van der Waals surface area (Å²) >= 11 is 3.48. The molecular formula is C18H23N3O2S3. The lowest BCUT2D eigenvalue weighted by molar-refractivity contribution is 0.140. The number of aromatic nitrogens is 1. The van der Waals surface area contributed by atoms with Gasteiger partial charge >= 0.3 is 0 Å². The Morgan fingerprint density at radius 2 is 1.96 bits per heavy atom. The van der Waals surface area contributed by atoms with E-state index in [1.54, 1.807) is 21.9 Å². The summed E-state index contributed by atoms with van der Waals surface area (Å²) in [6.07, 6.45) is 5.12. The van der Waals surface area contributed by atoms with Crippen LogP contribution >= 0.6 is 23.1 Å². The lowest BCUT2D eigenvalue weighted by Crippen LogP contribution is -2.61. The summed E-state index contributed by atoms with van der Waals surface area (Å²) in [5, 5.41) is 0. The second-order valence-corrected chi connectivity index (χ2v) is 12.0. The number of thioether (sulfide) groups is 1. The summed E-state index contributed by atoms with van der Waals surface area (Å²) < 4.78 is 28.7. The van der Waals surface area contributed by atoms with Crippen LogP contribution in [-0.2, 0) is 10.0 Å². The largest absolute Gasteiger partial charge is 0.300 e. The molecule has 1 spiro atoms. The fourth-order valence-electron chi connectivity index (χ4n) is 4.47. The summed E-state index contributed by atoms with van der Waals surface area (Å²) in [6, 6.07) is 5.91. The number of thiazole rings is 1. The molecule has 3 aliphatic rings. The molecule has 8 heteroatoms. The summed E-state index contributed by atoms with van der Waals surface area (Å²) in [5.74, 6) is 1.15. The maximum atomic E-state index is 13.0. The van der Waals surface area contributed by atoms with Crippen molar-refractivity contribution in [1.82, 2.24) is 14.2 Å². The fraction of sp³-hybridized carbons (Fsp3) is 0.611. The van der Waals surface area contributed by atoms with Crippen LogP contribution in [-0.4, -0.2) is 65.3 Å². The first-order valence-corrected chi connectivity index (χ1v) is 12.6. The third-order valence-corrected chi connectivity index (χ3v) is 10.1. The molecule has 5 rings (SSSR count). The minimum atomic E-state index is -3.39. The second-order valence-electron chi connectivity index (χ2n) is 7.70. The van der Waals surface area contributed by atoms with Gasteiger partial charge in [-0.2, -0.15) is 16.1 Å². The van der Waals surface area contributed by atoms with E-state index in [2.05, 4.69) is 9.88 Å². The molecule has 1 unspecified atom stereocenters. The summed E-state index contributed by atoms with van der Waals surface area (Å²) in [6.45, 7) is 3.76. The minimum absolute atomic E-state index is 0.143. The summed E-state index contributed by atoms with van der Waals surface area (Å²) in [7, 11) is -3.39. The van der Waals surface area contributed by atoms with Crippen LogP contribution in [0.15, 0.2) is 28.6 Å². The Bertz CT molecular complexity index is 915. The van der Waals surface area contributed by atoms with Gasteiger partial charge < -0.3 is 0 Å². The normalized spacial score (nSPS) is 27.2. The van der Waals surface area contributed by atoms with E-state index in [4.69, 9.17) is 0 Å². The van der Waals surface area contributed by atoms with E-state index in [1.807, 2.05) is 17.8 Å². The van der Waals surface area contributed by atoms with Gasteiger partial charge in [0.05, 0.1) is 20.6 Å². The average molecular weight is 410 g/mol. The van der Waals surface area contributed by atoms with Crippen LogP contribution in [0, 0.1) is 0 Å². The van der Waals surface area contributed by atoms with Crippen LogP contribution in [0.5, 0.6) is 0 Å². The van der Waals surface area contributed by atoms with Crippen LogP contribution < -0.4 is 0 Å². The number of rotatable bonds is 3. The molecule has 3 fully saturated rings. The first-order valence-electron chi connectivity index (χ1n) is 9.27. The predicted octanol–water partition coefficient (Wildman–Crippen LogP) is 3.03. The molecule has 3 saturated heterocycles. The zero-order valence-corrected chi connectivity index (χ0v) is 17.1. The van der Waals surface area contributed by atoms with Crippen molar-refractivity contribution in [1.29, 1.82) is 0 Å². The Kier molecular flexibility index (Phi) is 4.32. The van der Waals surface area contributed by atoms with Gasteiger partial charge in [-0.05, 0) is 50.6 Å². The zero-order chi connectivity index (χ0) is 17.8. The van der Waals surface area contributed by atoms with Crippen molar-refractivity contribution in [2.75, 3.05) is 31.9 Å². The lowest BCUT2D eigenvalue weighted by Gasteiger charge is -2.46. The summed E-state index contributed by atoms with van der Waals surface area (Å²) in [5.41, 5.74) is 2.63. The molecule has 0 radical (unpaired) electrons. The van der Waals surface area contributed by atoms with E-state index in [0.29, 0.717) is 24.0 Å². The van der Waals surface area contributed by atoms with E-state index in [-0.39, 0.29) is 4.75 Å². The molecule has 140 valence electrons. The van der Waals surface area contributed by atoms with Gasteiger partial charge in [-0.15, -0.1) is 11.3 Å². The molecule has 0 N–H and O–H groups in total. The van der Waals surface area contributed by atoms with E-state index >= 15 is 0 Å². The molecule has 0 bridgehead atoms. The predicted molar refractivity (Wildman–Crippen MR) is 107 cm³/mol. The fourth-order valence-corrected chi connectivity index (χ4v) is 8.74. The first-order chi connectivity index (χ1) is 12.6. The number of hydrogen-bond acceptors (Lipinski definition) is 6. The third kappa shape index (κ3) is 2.90. The SMILES string of the molecule is O=S(=O)(c1ccc2ncsc2c1)N1CC2(CC(N3CCCCC3)CS2)C1. The van der Waals surface area contributed by atoms with Crippen LogP contribution in [0.4, 0.5) is 0 Å². The standard InChI is InChI=1S/C18H23N3O2S3/c22-26(23,15-4-5-16-17(8-15)24-13-19-16)21-11-18(12-21)9-14(10-25-18)20-6-2-1-3-7-20/h4-5,8,13-14H,1-3,6-7,9-12H2. The Labute approximate surface area is 162 Å². The molecule has 4 heterocycles. The Balaban J connectivity index is 1.28. The van der Waals surface area contributed by atoms with Gasteiger partial charge in [0.2, 0.25) is 10.0 Å². The zero-order valence-electron chi connectivity index (χ0n) is 14.6. The van der Waals surface area contributed by atoms with Gasteiger partial charge in [0.15, 0.2) is 0 Å². The second kappa shape index (κ2) is 6.44. The van der Waals surface area contributed by atoms with E-state index < -0.39 is 10.0 Å². The highest BCUT2D eigenvalue weighted by Crippen LogP contribution is 2.48. The van der Waals surface area contributed by atoms with Gasteiger partial charge in [-0.3, -0.25) is 4.90 Å². The van der Waals surface area contributed by atoms with Crippen molar-refractivity contribution in [2.24, 2.45) is 0 Å². The van der Waals surface area contributed by atoms with Crippen molar-refractivity contribution in [3.05, 3.63) is 23.7 Å². The van der Waals surface area contributed by atoms with Gasteiger partial charge in [-0.25, -0.2) is 13.4 Å².